The third-order valence-corrected chi connectivity index (χ3v) is 1.60. The van der Waals surface area contributed by atoms with E-state index in [-0.39, 0.29) is 0 Å². The molecule has 0 aromatic heterocycles. The van der Waals surface area contributed by atoms with Crippen LogP contribution in [0.25, 0.3) is 0 Å². The molecule has 0 aliphatic rings. The monoisotopic (exact) mass is 215 g/mol. The van der Waals surface area contributed by atoms with Gasteiger partial charge in [0.15, 0.2) is 5.96 Å². The third kappa shape index (κ3) is 10.9. The predicted molar refractivity (Wildman–Crippen MR) is 62.0 cm³/mol. The minimum atomic E-state index is 0.430. The van der Waals surface area contributed by atoms with Crippen LogP contribution in [0.4, 0.5) is 0 Å². The molecule has 0 aromatic carbocycles. The summed E-state index contributed by atoms with van der Waals surface area (Å²) in [7, 11) is 1.64. The van der Waals surface area contributed by atoms with Crippen molar-refractivity contribution < 1.29 is 9.47 Å². The summed E-state index contributed by atoms with van der Waals surface area (Å²) in [6, 6.07) is 0. The van der Waals surface area contributed by atoms with Crippen LogP contribution in [-0.4, -0.2) is 46.0 Å². The maximum Gasteiger partial charge on any atom is 0.188 e. The zero-order valence-corrected chi connectivity index (χ0v) is 9.37. The summed E-state index contributed by atoms with van der Waals surface area (Å²) >= 11 is 0. The van der Waals surface area contributed by atoms with Crippen LogP contribution < -0.4 is 11.1 Å². The van der Waals surface area contributed by atoms with Crippen molar-refractivity contribution in [3.05, 3.63) is 12.7 Å². The van der Waals surface area contributed by atoms with Gasteiger partial charge in [0, 0.05) is 13.7 Å². The Hall–Kier alpha value is -1.07. The van der Waals surface area contributed by atoms with Crippen molar-refractivity contribution >= 4 is 5.96 Å². The van der Waals surface area contributed by atoms with E-state index >= 15 is 0 Å². The molecule has 15 heavy (non-hydrogen) atoms. The van der Waals surface area contributed by atoms with Gasteiger partial charge in [-0.2, -0.15) is 0 Å². The van der Waals surface area contributed by atoms with Crippen LogP contribution in [0.2, 0.25) is 0 Å². The van der Waals surface area contributed by atoms with E-state index in [1.54, 1.807) is 7.11 Å². The van der Waals surface area contributed by atoms with Crippen molar-refractivity contribution in [3.63, 3.8) is 0 Å². The lowest BCUT2D eigenvalue weighted by molar-refractivity contribution is 0.146. The summed E-state index contributed by atoms with van der Waals surface area (Å²) in [6.45, 7) is 6.73. The van der Waals surface area contributed by atoms with Crippen LogP contribution in [0.5, 0.6) is 0 Å². The molecular formula is C10H21N3O2. The largest absolute Gasteiger partial charge is 0.383 e. The first-order valence-corrected chi connectivity index (χ1v) is 5.02. The van der Waals surface area contributed by atoms with Gasteiger partial charge in [-0.15, -0.1) is 6.58 Å². The first kappa shape index (κ1) is 13.9. The van der Waals surface area contributed by atoms with Crippen molar-refractivity contribution in [1.82, 2.24) is 5.32 Å². The van der Waals surface area contributed by atoms with Gasteiger partial charge in [-0.25, -0.2) is 0 Å². The molecule has 0 spiro atoms. The number of nitrogens with one attached hydrogen (secondary N) is 1. The lowest BCUT2D eigenvalue weighted by Gasteiger charge is -2.04. The van der Waals surface area contributed by atoms with Crippen LogP contribution in [0.3, 0.4) is 0 Å². The Labute approximate surface area is 91.3 Å². The quantitative estimate of drug-likeness (QED) is 0.248. The van der Waals surface area contributed by atoms with Gasteiger partial charge in [-0.05, 0) is 6.42 Å². The van der Waals surface area contributed by atoms with E-state index < -0.39 is 0 Å². The second-order valence-electron chi connectivity index (χ2n) is 2.88. The molecule has 0 rings (SSSR count). The Kier molecular flexibility index (Phi) is 10.2. The maximum atomic E-state index is 5.57. The number of nitrogens with two attached hydrogens (primary N) is 1. The van der Waals surface area contributed by atoms with Crippen LogP contribution in [0.15, 0.2) is 17.6 Å². The van der Waals surface area contributed by atoms with Gasteiger partial charge in [0.2, 0.25) is 0 Å². The summed E-state index contributed by atoms with van der Waals surface area (Å²) in [5.41, 5.74) is 5.57. The molecular weight excluding hydrogens is 194 g/mol. The van der Waals surface area contributed by atoms with Crippen LogP contribution in [0, 0.1) is 0 Å². The Morgan fingerprint density at radius 2 is 2.27 bits per heavy atom. The highest BCUT2D eigenvalue weighted by Crippen LogP contribution is 1.83. The van der Waals surface area contributed by atoms with E-state index in [0.717, 1.165) is 6.42 Å². The number of nitrogens with zero attached hydrogens (tertiary/aromatic N) is 1. The number of methoxy groups -OCH3 is 1. The van der Waals surface area contributed by atoms with Gasteiger partial charge in [-0.1, -0.05) is 6.08 Å². The topological polar surface area (TPSA) is 68.9 Å². The minimum Gasteiger partial charge on any atom is -0.383 e. The molecule has 5 heteroatoms. The summed E-state index contributed by atoms with van der Waals surface area (Å²) in [6.07, 6.45) is 2.69. The molecule has 0 amide bonds. The van der Waals surface area contributed by atoms with E-state index in [9.17, 15) is 0 Å². The molecule has 88 valence electrons. The maximum absolute atomic E-state index is 5.57. The van der Waals surface area contributed by atoms with Gasteiger partial charge in [-0.3, -0.25) is 4.99 Å². The summed E-state index contributed by atoms with van der Waals surface area (Å²) in [4.78, 5) is 4.07. The molecule has 0 heterocycles. The predicted octanol–water partition coefficient (Wildman–Crippen LogP) is 0.130. The smallest absolute Gasteiger partial charge is 0.188 e. The highest BCUT2D eigenvalue weighted by atomic mass is 16.5. The molecule has 0 aromatic rings. The van der Waals surface area contributed by atoms with E-state index in [4.69, 9.17) is 15.2 Å². The molecule has 0 saturated carbocycles. The second kappa shape index (κ2) is 11.0. The van der Waals surface area contributed by atoms with E-state index in [1.807, 2.05) is 6.08 Å². The molecule has 0 aliphatic heterocycles. The van der Waals surface area contributed by atoms with E-state index in [0.29, 0.717) is 38.9 Å². The standard InChI is InChI=1S/C10H21N3O2/c1-3-4-7-15-9-6-13-10(11)12-5-8-14-2/h3H,1,4-9H2,2H3,(H3,11,12,13). The number of rotatable bonds is 9. The molecule has 0 bridgehead atoms. The zero-order valence-electron chi connectivity index (χ0n) is 9.37. The summed E-state index contributed by atoms with van der Waals surface area (Å²) in [5, 5.41) is 2.92. The number of ether oxygens (including phenoxy) is 2. The lowest BCUT2D eigenvalue weighted by Crippen LogP contribution is -2.34. The Morgan fingerprint density at radius 3 is 2.93 bits per heavy atom. The Bertz CT molecular complexity index is 184. The van der Waals surface area contributed by atoms with Crippen molar-refractivity contribution in [2.75, 3.05) is 40.0 Å². The van der Waals surface area contributed by atoms with Gasteiger partial charge in [0.1, 0.15) is 0 Å². The van der Waals surface area contributed by atoms with Gasteiger partial charge in [0.05, 0.1) is 26.4 Å². The van der Waals surface area contributed by atoms with Gasteiger partial charge >= 0.3 is 0 Å². The SMILES string of the molecule is C=CCCOCCN=C(N)NCCOC. The van der Waals surface area contributed by atoms with E-state index in [1.165, 1.54) is 0 Å². The summed E-state index contributed by atoms with van der Waals surface area (Å²) in [5.74, 6) is 0.430. The van der Waals surface area contributed by atoms with Crippen LogP contribution in [-0.2, 0) is 9.47 Å². The summed E-state index contributed by atoms with van der Waals surface area (Å²) < 4.78 is 10.1. The van der Waals surface area contributed by atoms with Crippen molar-refractivity contribution in [3.8, 4) is 0 Å². The van der Waals surface area contributed by atoms with Gasteiger partial charge in [0.25, 0.3) is 0 Å². The van der Waals surface area contributed by atoms with Crippen LogP contribution >= 0.6 is 0 Å². The van der Waals surface area contributed by atoms with E-state index in [2.05, 4.69) is 16.9 Å². The molecule has 0 saturated heterocycles. The fourth-order valence-corrected chi connectivity index (χ4v) is 0.836. The van der Waals surface area contributed by atoms with Gasteiger partial charge < -0.3 is 20.5 Å². The molecule has 0 radical (unpaired) electrons. The van der Waals surface area contributed by atoms with Crippen molar-refractivity contribution in [2.24, 2.45) is 10.7 Å². The average molecular weight is 215 g/mol. The van der Waals surface area contributed by atoms with Crippen LogP contribution in [0.1, 0.15) is 6.42 Å². The number of hydrogen-bond donors (Lipinski definition) is 2. The zero-order chi connectivity index (χ0) is 11.4. The molecule has 3 N–H and O–H groups in total. The minimum absolute atomic E-state index is 0.430. The highest BCUT2D eigenvalue weighted by molar-refractivity contribution is 5.77. The molecule has 5 nitrogen and oxygen atoms in total. The van der Waals surface area contributed by atoms with Crippen molar-refractivity contribution in [2.45, 2.75) is 6.42 Å². The molecule has 0 fully saturated rings. The highest BCUT2D eigenvalue weighted by Gasteiger charge is 1.90. The number of guanidine groups is 1. The molecule has 0 unspecified atom stereocenters. The normalized spacial score (nSPS) is 11.4. The first-order chi connectivity index (χ1) is 7.31. The molecule has 0 aliphatic carbocycles. The first-order valence-electron chi connectivity index (χ1n) is 5.02. The Balaban J connectivity index is 3.29. The average Bonchev–Trinajstić information content (AvgIpc) is 2.23. The number of aliphatic imine (C=N–C) groups is 1. The lowest BCUT2D eigenvalue weighted by atomic mass is 10.5. The van der Waals surface area contributed by atoms with Crippen molar-refractivity contribution in [1.29, 1.82) is 0 Å². The fraction of sp³-hybridized carbons (Fsp3) is 0.700. The second-order valence-corrected chi connectivity index (χ2v) is 2.88. The number of hydrogen-bond acceptors (Lipinski definition) is 3. The third-order valence-electron chi connectivity index (χ3n) is 1.60. The molecule has 0 atom stereocenters. The Morgan fingerprint density at radius 1 is 1.47 bits per heavy atom. The fourth-order valence-electron chi connectivity index (χ4n) is 0.836.